The molecule has 2 heteroatoms. The van der Waals surface area contributed by atoms with Gasteiger partial charge in [0.05, 0.1) is 11.4 Å². The summed E-state index contributed by atoms with van der Waals surface area (Å²) in [6.45, 7) is 4.42. The smallest absolute Gasteiger partial charge is 0.0893 e. The summed E-state index contributed by atoms with van der Waals surface area (Å²) in [4.78, 5) is 4.58. The highest BCUT2D eigenvalue weighted by Gasteiger charge is 2.15. The average Bonchev–Trinajstić information content (AvgIpc) is 2.55. The van der Waals surface area contributed by atoms with Crippen LogP contribution in [0.1, 0.15) is 42.7 Å². The number of hydrogen-bond acceptors (Lipinski definition) is 2. The number of nitrogens with zero attached hydrogens (tertiary/aromatic N) is 1. The first-order valence-electron chi connectivity index (χ1n) is 7.85. The second-order valence-corrected chi connectivity index (χ2v) is 5.45. The Labute approximate surface area is 126 Å². The summed E-state index contributed by atoms with van der Waals surface area (Å²) in [5, 5.41) is 3.67. The van der Waals surface area contributed by atoms with Crippen molar-refractivity contribution >= 4 is 11.4 Å². The number of para-hydroxylation sites is 1. The first-order chi connectivity index (χ1) is 10.3. The van der Waals surface area contributed by atoms with Crippen LogP contribution in [0.3, 0.4) is 0 Å². The maximum absolute atomic E-state index is 4.58. The lowest BCUT2D eigenvalue weighted by atomic mass is 9.98. The standard InChI is InChI=1S/C19H22N2/c1-3-14-8-5-9-15(4-2)18(14)21-17-12-6-10-16-11-7-13-20-19(16)17/h5,7-9,11-13,21H,3-4,6,10H2,1-2H3. The summed E-state index contributed by atoms with van der Waals surface area (Å²) in [6, 6.07) is 10.8. The van der Waals surface area contributed by atoms with Crippen LogP contribution in [0.15, 0.2) is 42.6 Å². The van der Waals surface area contributed by atoms with E-state index in [1.165, 1.54) is 22.4 Å². The molecule has 0 radical (unpaired) electrons. The van der Waals surface area contributed by atoms with Crippen LogP contribution in [-0.2, 0) is 19.3 Å². The lowest BCUT2D eigenvalue weighted by Crippen LogP contribution is -2.11. The Hall–Kier alpha value is -2.09. The Balaban J connectivity index is 2.00. The molecule has 0 atom stereocenters. The summed E-state index contributed by atoms with van der Waals surface area (Å²) in [6.07, 6.45) is 8.41. The molecule has 1 aliphatic rings. The molecule has 0 bridgehead atoms. The number of anilines is 1. The number of nitrogens with one attached hydrogen (secondary N) is 1. The second-order valence-electron chi connectivity index (χ2n) is 5.45. The molecule has 21 heavy (non-hydrogen) atoms. The van der Waals surface area contributed by atoms with E-state index in [0.29, 0.717) is 0 Å². The molecule has 1 aromatic heterocycles. The van der Waals surface area contributed by atoms with E-state index in [9.17, 15) is 0 Å². The third kappa shape index (κ3) is 2.71. The Kier molecular flexibility index (Phi) is 4.05. The minimum Gasteiger partial charge on any atom is -0.354 e. The summed E-state index contributed by atoms with van der Waals surface area (Å²) in [5.41, 5.74) is 7.63. The minimum atomic E-state index is 1.04. The van der Waals surface area contributed by atoms with E-state index < -0.39 is 0 Å². The predicted octanol–water partition coefficient (Wildman–Crippen LogP) is 4.61. The van der Waals surface area contributed by atoms with Crippen molar-refractivity contribution in [2.45, 2.75) is 39.5 Å². The van der Waals surface area contributed by atoms with Crippen LogP contribution in [0.5, 0.6) is 0 Å². The van der Waals surface area contributed by atoms with Gasteiger partial charge in [-0.15, -0.1) is 0 Å². The van der Waals surface area contributed by atoms with Gasteiger partial charge in [-0.05, 0) is 48.4 Å². The number of aromatic nitrogens is 1. The zero-order valence-electron chi connectivity index (χ0n) is 12.8. The molecule has 0 saturated heterocycles. The lowest BCUT2D eigenvalue weighted by molar-refractivity contribution is 0.951. The molecule has 0 spiro atoms. The molecule has 3 rings (SSSR count). The summed E-state index contributed by atoms with van der Waals surface area (Å²) in [7, 11) is 0. The van der Waals surface area contributed by atoms with Crippen LogP contribution in [0.4, 0.5) is 5.69 Å². The Morgan fingerprint density at radius 1 is 1.05 bits per heavy atom. The molecule has 1 N–H and O–H groups in total. The van der Waals surface area contributed by atoms with Gasteiger partial charge >= 0.3 is 0 Å². The van der Waals surface area contributed by atoms with Crippen LogP contribution in [0.2, 0.25) is 0 Å². The molecule has 2 nitrogen and oxygen atoms in total. The number of benzene rings is 1. The Morgan fingerprint density at radius 2 is 1.81 bits per heavy atom. The summed E-state index contributed by atoms with van der Waals surface area (Å²) < 4.78 is 0. The van der Waals surface area contributed by atoms with Gasteiger partial charge in [0.1, 0.15) is 0 Å². The van der Waals surface area contributed by atoms with Crippen LogP contribution in [0.25, 0.3) is 5.70 Å². The van der Waals surface area contributed by atoms with E-state index in [-0.39, 0.29) is 0 Å². The van der Waals surface area contributed by atoms with Crippen LogP contribution in [-0.4, -0.2) is 4.98 Å². The topological polar surface area (TPSA) is 24.9 Å². The van der Waals surface area contributed by atoms with Crippen molar-refractivity contribution in [2.75, 3.05) is 5.32 Å². The van der Waals surface area contributed by atoms with E-state index in [1.807, 2.05) is 12.3 Å². The van der Waals surface area contributed by atoms with E-state index >= 15 is 0 Å². The number of hydrogen-bond donors (Lipinski definition) is 1. The van der Waals surface area contributed by atoms with E-state index in [4.69, 9.17) is 0 Å². The quantitative estimate of drug-likeness (QED) is 0.883. The maximum Gasteiger partial charge on any atom is 0.0893 e. The van der Waals surface area contributed by atoms with Gasteiger partial charge in [0, 0.05) is 11.9 Å². The molecule has 1 aliphatic carbocycles. The number of allylic oxidation sites excluding steroid dienone is 1. The largest absolute Gasteiger partial charge is 0.354 e. The van der Waals surface area contributed by atoms with Gasteiger partial charge in [-0.25, -0.2) is 0 Å². The van der Waals surface area contributed by atoms with Crippen molar-refractivity contribution in [3.63, 3.8) is 0 Å². The van der Waals surface area contributed by atoms with Crippen LogP contribution >= 0.6 is 0 Å². The van der Waals surface area contributed by atoms with Crippen LogP contribution in [0, 0.1) is 0 Å². The molecule has 2 aromatic rings. The van der Waals surface area contributed by atoms with Gasteiger partial charge in [-0.3, -0.25) is 4.98 Å². The Bertz CT molecular complexity index is 649. The van der Waals surface area contributed by atoms with Gasteiger partial charge < -0.3 is 5.32 Å². The zero-order chi connectivity index (χ0) is 14.7. The lowest BCUT2D eigenvalue weighted by Gasteiger charge is -2.21. The van der Waals surface area contributed by atoms with Crippen molar-refractivity contribution in [3.05, 3.63) is 65.0 Å². The fourth-order valence-corrected chi connectivity index (χ4v) is 3.00. The van der Waals surface area contributed by atoms with Gasteiger partial charge in [0.15, 0.2) is 0 Å². The van der Waals surface area contributed by atoms with Crippen molar-refractivity contribution in [3.8, 4) is 0 Å². The third-order valence-electron chi connectivity index (χ3n) is 4.17. The van der Waals surface area contributed by atoms with Gasteiger partial charge in [0.25, 0.3) is 0 Å². The minimum absolute atomic E-state index is 1.04. The maximum atomic E-state index is 4.58. The SMILES string of the molecule is CCc1cccc(CC)c1NC1=CCCc2cccnc21. The van der Waals surface area contributed by atoms with E-state index in [0.717, 1.165) is 37.1 Å². The van der Waals surface area contributed by atoms with Gasteiger partial charge in [-0.1, -0.05) is 44.2 Å². The third-order valence-corrected chi connectivity index (χ3v) is 4.17. The molecule has 0 aliphatic heterocycles. The molecule has 0 unspecified atom stereocenters. The fourth-order valence-electron chi connectivity index (χ4n) is 3.00. The van der Waals surface area contributed by atoms with Crippen molar-refractivity contribution in [2.24, 2.45) is 0 Å². The van der Waals surface area contributed by atoms with Crippen molar-refractivity contribution in [1.29, 1.82) is 0 Å². The van der Waals surface area contributed by atoms with E-state index in [2.05, 4.69) is 54.5 Å². The average molecular weight is 278 g/mol. The number of aryl methyl sites for hydroxylation is 3. The highest BCUT2D eigenvalue weighted by Crippen LogP contribution is 2.30. The summed E-state index contributed by atoms with van der Waals surface area (Å²) in [5.74, 6) is 0. The summed E-state index contributed by atoms with van der Waals surface area (Å²) >= 11 is 0. The molecular weight excluding hydrogens is 256 g/mol. The number of pyridine rings is 1. The molecule has 1 aromatic carbocycles. The highest BCUT2D eigenvalue weighted by atomic mass is 14.9. The normalized spacial score (nSPS) is 13.5. The molecule has 0 saturated carbocycles. The molecule has 108 valence electrons. The molecular formula is C19H22N2. The van der Waals surface area contributed by atoms with Gasteiger partial charge in [-0.2, -0.15) is 0 Å². The van der Waals surface area contributed by atoms with E-state index in [1.54, 1.807) is 0 Å². The first-order valence-corrected chi connectivity index (χ1v) is 7.85. The Morgan fingerprint density at radius 3 is 2.52 bits per heavy atom. The van der Waals surface area contributed by atoms with Crippen molar-refractivity contribution in [1.82, 2.24) is 4.98 Å². The monoisotopic (exact) mass is 278 g/mol. The van der Waals surface area contributed by atoms with Gasteiger partial charge in [0.2, 0.25) is 0 Å². The highest BCUT2D eigenvalue weighted by molar-refractivity contribution is 5.80. The van der Waals surface area contributed by atoms with Crippen LogP contribution < -0.4 is 5.32 Å². The van der Waals surface area contributed by atoms with Crippen molar-refractivity contribution < 1.29 is 0 Å². The zero-order valence-corrected chi connectivity index (χ0v) is 12.8. The number of fused-ring (bicyclic) bond motifs is 1. The predicted molar refractivity (Wildman–Crippen MR) is 89.4 cm³/mol. The first kappa shape index (κ1) is 13.9. The molecule has 0 amide bonds. The number of rotatable bonds is 4. The fraction of sp³-hybridized carbons (Fsp3) is 0.316. The molecule has 0 fully saturated rings. The molecule has 1 heterocycles. The second kappa shape index (κ2) is 6.13.